The van der Waals surface area contributed by atoms with Crippen molar-refractivity contribution in [1.29, 1.82) is 0 Å². The molecule has 4 heteroatoms. The molecule has 2 heterocycles. The van der Waals surface area contributed by atoms with Crippen molar-refractivity contribution in [3.05, 3.63) is 0 Å². The van der Waals surface area contributed by atoms with Crippen LogP contribution in [0.5, 0.6) is 0 Å². The van der Waals surface area contributed by atoms with Crippen LogP contribution < -0.4 is 5.73 Å². The molecule has 1 saturated carbocycles. The first-order valence-electron chi connectivity index (χ1n) is 7.86. The molecular formula is C15H27NO2S. The number of rotatable bonds is 4. The van der Waals surface area contributed by atoms with E-state index in [1.54, 1.807) is 0 Å². The number of hydrogen-bond acceptors (Lipinski definition) is 4. The summed E-state index contributed by atoms with van der Waals surface area (Å²) in [6, 6.07) is 0.340. The minimum atomic E-state index is 0.0125. The average Bonchev–Trinajstić information content (AvgIpc) is 3.08. The maximum absolute atomic E-state index is 6.46. The summed E-state index contributed by atoms with van der Waals surface area (Å²) in [6.45, 7) is 2.51. The Hall–Kier alpha value is 0.230. The highest BCUT2D eigenvalue weighted by atomic mass is 32.2. The van der Waals surface area contributed by atoms with E-state index in [1.807, 2.05) is 0 Å². The van der Waals surface area contributed by atoms with E-state index >= 15 is 0 Å². The Morgan fingerprint density at radius 2 is 2.05 bits per heavy atom. The Labute approximate surface area is 121 Å². The topological polar surface area (TPSA) is 44.5 Å². The van der Waals surface area contributed by atoms with Crippen LogP contribution in [0.3, 0.4) is 0 Å². The second-order valence-corrected chi connectivity index (χ2v) is 7.82. The molecule has 3 fully saturated rings. The van der Waals surface area contributed by atoms with Crippen molar-refractivity contribution in [3.8, 4) is 0 Å². The molecule has 0 amide bonds. The molecule has 3 nitrogen and oxygen atoms in total. The van der Waals surface area contributed by atoms with Crippen LogP contribution >= 0.6 is 11.8 Å². The zero-order valence-corrected chi connectivity index (χ0v) is 12.6. The molecule has 19 heavy (non-hydrogen) atoms. The van der Waals surface area contributed by atoms with Gasteiger partial charge in [-0.05, 0) is 31.6 Å². The number of nitrogens with two attached hydrogens (primary N) is 1. The number of thioether (sulfide) groups is 1. The zero-order valence-electron chi connectivity index (χ0n) is 11.8. The van der Waals surface area contributed by atoms with Crippen LogP contribution in [0.25, 0.3) is 0 Å². The normalized spacial score (nSPS) is 38.1. The van der Waals surface area contributed by atoms with Gasteiger partial charge in [0.2, 0.25) is 0 Å². The third kappa shape index (κ3) is 3.46. The minimum absolute atomic E-state index is 0.0125. The van der Waals surface area contributed by atoms with Crippen molar-refractivity contribution in [1.82, 2.24) is 0 Å². The lowest BCUT2D eigenvalue weighted by molar-refractivity contribution is -0.100. The maximum atomic E-state index is 6.46. The van der Waals surface area contributed by atoms with Crippen LogP contribution in [-0.4, -0.2) is 42.5 Å². The monoisotopic (exact) mass is 285 g/mol. The second kappa shape index (κ2) is 6.33. The van der Waals surface area contributed by atoms with Crippen LogP contribution in [0.2, 0.25) is 0 Å². The fourth-order valence-electron chi connectivity index (χ4n) is 3.73. The summed E-state index contributed by atoms with van der Waals surface area (Å²) in [5.74, 6) is 1.76. The van der Waals surface area contributed by atoms with E-state index in [9.17, 15) is 0 Å². The molecule has 0 aromatic rings. The van der Waals surface area contributed by atoms with E-state index in [-0.39, 0.29) is 5.60 Å². The van der Waals surface area contributed by atoms with E-state index in [0.29, 0.717) is 12.0 Å². The summed E-state index contributed by atoms with van der Waals surface area (Å²) >= 11 is 2.12. The number of hydrogen-bond donors (Lipinski definition) is 1. The van der Waals surface area contributed by atoms with Gasteiger partial charge >= 0.3 is 0 Å². The molecule has 2 saturated heterocycles. The second-order valence-electron chi connectivity index (χ2n) is 6.49. The molecule has 0 radical (unpaired) electrons. The van der Waals surface area contributed by atoms with Gasteiger partial charge in [-0.2, -0.15) is 11.8 Å². The fourth-order valence-corrected chi connectivity index (χ4v) is 5.17. The third-order valence-electron chi connectivity index (χ3n) is 5.03. The third-order valence-corrected chi connectivity index (χ3v) is 6.55. The molecule has 1 spiro atoms. The van der Waals surface area contributed by atoms with E-state index in [4.69, 9.17) is 15.2 Å². The van der Waals surface area contributed by atoms with Crippen molar-refractivity contribution in [2.75, 3.05) is 25.6 Å². The number of ether oxygens (including phenoxy) is 2. The lowest BCUT2D eigenvalue weighted by Crippen LogP contribution is -2.46. The molecule has 3 unspecified atom stereocenters. The predicted octanol–water partition coefficient (Wildman–Crippen LogP) is 2.58. The molecule has 3 atom stereocenters. The Balaban J connectivity index is 1.47. The van der Waals surface area contributed by atoms with E-state index < -0.39 is 0 Å². The smallest absolute Gasteiger partial charge is 0.0939 e. The molecule has 3 aliphatic rings. The molecule has 0 aromatic carbocycles. The van der Waals surface area contributed by atoms with Gasteiger partial charge in [0.1, 0.15) is 0 Å². The van der Waals surface area contributed by atoms with Crippen molar-refractivity contribution >= 4 is 11.8 Å². The van der Waals surface area contributed by atoms with Crippen molar-refractivity contribution in [2.24, 2.45) is 11.7 Å². The van der Waals surface area contributed by atoms with Gasteiger partial charge in [-0.25, -0.2) is 0 Å². The van der Waals surface area contributed by atoms with Gasteiger partial charge in [0.05, 0.1) is 12.2 Å². The summed E-state index contributed by atoms with van der Waals surface area (Å²) in [5, 5.41) is 0.884. The summed E-state index contributed by atoms with van der Waals surface area (Å²) in [4.78, 5) is 0. The van der Waals surface area contributed by atoms with Crippen LogP contribution in [0.1, 0.15) is 44.9 Å². The molecule has 3 rings (SSSR count). The van der Waals surface area contributed by atoms with Crippen molar-refractivity contribution < 1.29 is 9.47 Å². The highest BCUT2D eigenvalue weighted by Crippen LogP contribution is 2.38. The standard InChI is InChI=1S/C15H27NO2S/c16-14(10-19-13-3-1-2-4-13)12-5-7-18-15(9-12)6-8-17-11-15/h12-14H,1-11,16H2. The van der Waals surface area contributed by atoms with Crippen LogP contribution in [0.4, 0.5) is 0 Å². The summed E-state index contributed by atoms with van der Waals surface area (Å²) in [6.07, 6.45) is 8.96. The van der Waals surface area contributed by atoms with E-state index in [2.05, 4.69) is 11.8 Å². The van der Waals surface area contributed by atoms with Crippen LogP contribution in [0, 0.1) is 5.92 Å². The average molecular weight is 285 g/mol. The highest BCUT2D eigenvalue weighted by Gasteiger charge is 2.42. The fraction of sp³-hybridized carbons (Fsp3) is 1.00. The first kappa shape index (κ1) is 14.2. The maximum Gasteiger partial charge on any atom is 0.0939 e. The quantitative estimate of drug-likeness (QED) is 0.862. The van der Waals surface area contributed by atoms with E-state index in [1.165, 1.54) is 25.7 Å². The van der Waals surface area contributed by atoms with E-state index in [0.717, 1.165) is 50.1 Å². The van der Waals surface area contributed by atoms with Gasteiger partial charge in [0, 0.05) is 36.7 Å². The first-order chi connectivity index (χ1) is 9.27. The molecule has 1 aliphatic carbocycles. The van der Waals surface area contributed by atoms with Gasteiger partial charge < -0.3 is 15.2 Å². The molecule has 0 aromatic heterocycles. The lowest BCUT2D eigenvalue weighted by Gasteiger charge is -2.39. The van der Waals surface area contributed by atoms with Crippen molar-refractivity contribution in [3.63, 3.8) is 0 Å². The largest absolute Gasteiger partial charge is 0.378 e. The van der Waals surface area contributed by atoms with Gasteiger partial charge in [-0.3, -0.25) is 0 Å². The van der Waals surface area contributed by atoms with Gasteiger partial charge in [-0.15, -0.1) is 0 Å². The Bertz CT molecular complexity index is 288. The van der Waals surface area contributed by atoms with Crippen LogP contribution in [-0.2, 0) is 9.47 Å². The SMILES string of the molecule is NC(CSC1CCCC1)C1CCOC2(CCOC2)C1. The Kier molecular flexibility index (Phi) is 4.73. The summed E-state index contributed by atoms with van der Waals surface area (Å²) in [7, 11) is 0. The zero-order chi connectivity index (χ0) is 13.1. The summed E-state index contributed by atoms with van der Waals surface area (Å²) in [5.41, 5.74) is 6.47. The molecule has 2 aliphatic heterocycles. The molecule has 2 N–H and O–H groups in total. The molecule has 0 bridgehead atoms. The predicted molar refractivity (Wildman–Crippen MR) is 79.5 cm³/mol. The minimum Gasteiger partial charge on any atom is -0.378 e. The lowest BCUT2D eigenvalue weighted by atomic mass is 9.82. The van der Waals surface area contributed by atoms with Gasteiger partial charge in [-0.1, -0.05) is 12.8 Å². The Morgan fingerprint density at radius 1 is 1.21 bits per heavy atom. The first-order valence-corrected chi connectivity index (χ1v) is 8.91. The van der Waals surface area contributed by atoms with Crippen molar-refractivity contribution in [2.45, 2.75) is 61.8 Å². The summed E-state index contributed by atoms with van der Waals surface area (Å²) < 4.78 is 11.5. The molecular weight excluding hydrogens is 258 g/mol. The Morgan fingerprint density at radius 3 is 2.79 bits per heavy atom. The van der Waals surface area contributed by atoms with Gasteiger partial charge in [0.25, 0.3) is 0 Å². The van der Waals surface area contributed by atoms with Crippen LogP contribution in [0.15, 0.2) is 0 Å². The highest BCUT2D eigenvalue weighted by molar-refractivity contribution is 7.99. The molecule has 110 valence electrons. The van der Waals surface area contributed by atoms with Gasteiger partial charge in [0.15, 0.2) is 0 Å².